The van der Waals surface area contributed by atoms with Crippen molar-refractivity contribution in [3.8, 4) is 0 Å². The van der Waals surface area contributed by atoms with Gasteiger partial charge in [-0.15, -0.1) is 16.7 Å². The Bertz CT molecular complexity index is 540. The van der Waals surface area contributed by atoms with Gasteiger partial charge in [-0.05, 0) is 36.1 Å². The summed E-state index contributed by atoms with van der Waals surface area (Å²) in [5.74, 6) is -1.03. The van der Waals surface area contributed by atoms with Crippen molar-refractivity contribution in [3.63, 3.8) is 0 Å². The lowest BCUT2D eigenvalue weighted by Crippen LogP contribution is -2.00. The molecule has 1 aromatic carbocycles. The molecule has 1 N–H and O–H groups in total. The van der Waals surface area contributed by atoms with Crippen LogP contribution in [0.1, 0.15) is 18.1 Å². The van der Waals surface area contributed by atoms with E-state index in [2.05, 4.69) is 5.18 Å². The summed E-state index contributed by atoms with van der Waals surface area (Å²) in [5, 5.41) is 13.0. The van der Waals surface area contributed by atoms with Gasteiger partial charge in [-0.2, -0.15) is 0 Å². The number of aliphatic hydroxyl groups excluding tert-OH is 1. The van der Waals surface area contributed by atoms with Crippen molar-refractivity contribution in [2.24, 2.45) is 5.18 Å². The minimum atomic E-state index is -0.591. The zero-order chi connectivity index (χ0) is 13.9. The van der Waals surface area contributed by atoms with E-state index < -0.39 is 17.2 Å². The first-order valence-electron chi connectivity index (χ1n) is 5.05. The third-order valence-corrected chi connectivity index (χ3v) is 3.85. The third kappa shape index (κ3) is 2.73. The fourth-order valence-electron chi connectivity index (χ4n) is 1.48. The van der Waals surface area contributed by atoms with E-state index in [-0.39, 0.29) is 0 Å². The Labute approximate surface area is 114 Å². The van der Waals surface area contributed by atoms with Gasteiger partial charge in [-0.25, -0.2) is 0 Å². The van der Waals surface area contributed by atoms with E-state index in [1.54, 1.807) is 19.1 Å². The Balaban J connectivity index is 3.48. The minimum Gasteiger partial charge on any atom is -0.505 e. The summed E-state index contributed by atoms with van der Waals surface area (Å²) >= 11 is 7.59. The van der Waals surface area contributed by atoms with E-state index >= 15 is 0 Å². The average Bonchev–Trinajstić information content (AvgIpc) is 2.32. The van der Waals surface area contributed by atoms with Crippen LogP contribution < -0.4 is 0 Å². The monoisotopic (exact) mass is 285 g/mol. The Morgan fingerprint density at radius 3 is 2.50 bits per heavy atom. The van der Waals surface area contributed by atoms with Gasteiger partial charge in [0.25, 0.3) is 0 Å². The minimum absolute atomic E-state index is 0.336. The van der Waals surface area contributed by atoms with E-state index in [0.717, 1.165) is 4.90 Å². The lowest BCUT2D eigenvalue weighted by Gasteiger charge is -2.10. The molecule has 0 atom stereocenters. The molecular weight excluding hydrogens is 274 g/mol. The van der Waals surface area contributed by atoms with Crippen molar-refractivity contribution < 1.29 is 9.90 Å². The van der Waals surface area contributed by atoms with Crippen LogP contribution in [-0.2, 0) is 4.79 Å². The number of carbonyl (C=O) groups excluding carboxylic acids is 1. The van der Waals surface area contributed by atoms with Crippen LogP contribution in [0.15, 0.2) is 27.9 Å². The predicted octanol–water partition coefficient (Wildman–Crippen LogP) is 3.95. The molecule has 0 aromatic heterocycles. The van der Waals surface area contributed by atoms with Crippen LogP contribution in [0, 0.1) is 11.8 Å². The maximum atomic E-state index is 11.2. The van der Waals surface area contributed by atoms with Crippen molar-refractivity contribution >= 4 is 34.9 Å². The second-order valence-corrected chi connectivity index (χ2v) is 4.83. The summed E-state index contributed by atoms with van der Waals surface area (Å²) in [6.45, 7) is 2.87. The lowest BCUT2D eigenvalue weighted by molar-refractivity contribution is -0.113. The molecule has 18 heavy (non-hydrogen) atoms. The van der Waals surface area contributed by atoms with Crippen LogP contribution in [-0.4, -0.2) is 17.1 Å². The highest BCUT2D eigenvalue weighted by molar-refractivity contribution is 7.98. The topological polar surface area (TPSA) is 66.7 Å². The fourth-order valence-corrected chi connectivity index (χ4v) is 2.41. The number of hydrogen-bond acceptors (Lipinski definition) is 5. The highest BCUT2D eigenvalue weighted by Gasteiger charge is 2.17. The SMILES string of the molecule is CSc1ccc(C(O)=C(N=O)C(C)=O)c(C)c1Cl. The van der Waals surface area contributed by atoms with E-state index in [1.165, 1.54) is 18.7 Å². The van der Waals surface area contributed by atoms with Crippen LogP contribution in [0.2, 0.25) is 5.02 Å². The molecule has 0 fully saturated rings. The van der Waals surface area contributed by atoms with Crippen LogP contribution in [0.3, 0.4) is 0 Å². The Morgan fingerprint density at radius 1 is 1.44 bits per heavy atom. The van der Waals surface area contributed by atoms with Crippen molar-refractivity contribution in [3.05, 3.63) is 38.9 Å². The van der Waals surface area contributed by atoms with Crippen molar-refractivity contribution in [1.29, 1.82) is 0 Å². The number of nitrogens with zero attached hydrogens (tertiary/aromatic N) is 1. The standard InChI is InChI=1S/C12H12ClNO3S/c1-6-8(4-5-9(18-3)10(6)13)12(16)11(14-17)7(2)15/h4-5,16H,1-3H3. The maximum Gasteiger partial charge on any atom is 0.192 e. The van der Waals surface area contributed by atoms with Gasteiger partial charge in [0.15, 0.2) is 17.2 Å². The van der Waals surface area contributed by atoms with Gasteiger partial charge in [-0.1, -0.05) is 11.6 Å². The highest BCUT2D eigenvalue weighted by Crippen LogP contribution is 2.33. The molecule has 0 unspecified atom stereocenters. The third-order valence-electron chi connectivity index (χ3n) is 2.48. The Morgan fingerprint density at radius 2 is 2.06 bits per heavy atom. The summed E-state index contributed by atoms with van der Waals surface area (Å²) in [7, 11) is 0. The first-order valence-corrected chi connectivity index (χ1v) is 6.65. The number of halogens is 1. The van der Waals surface area contributed by atoms with E-state index in [0.29, 0.717) is 16.1 Å². The molecule has 0 radical (unpaired) electrons. The number of Topliss-reactive ketones (excluding diaryl/α,β-unsaturated/α-hetero) is 1. The molecule has 0 aliphatic rings. The van der Waals surface area contributed by atoms with E-state index in [1.807, 2.05) is 6.26 Å². The second kappa shape index (κ2) is 6.02. The molecule has 96 valence electrons. The molecule has 0 aliphatic carbocycles. The molecular formula is C12H12ClNO3S. The number of rotatable bonds is 4. The van der Waals surface area contributed by atoms with Gasteiger partial charge in [0, 0.05) is 17.4 Å². The zero-order valence-corrected chi connectivity index (χ0v) is 11.7. The van der Waals surface area contributed by atoms with Crippen LogP contribution in [0.25, 0.3) is 5.76 Å². The van der Waals surface area contributed by atoms with Gasteiger partial charge < -0.3 is 5.11 Å². The second-order valence-electron chi connectivity index (χ2n) is 3.60. The number of ketones is 1. The van der Waals surface area contributed by atoms with Gasteiger partial charge in [0.05, 0.1) is 5.02 Å². The molecule has 1 rings (SSSR count). The number of nitroso groups, excluding NO2 is 1. The smallest absolute Gasteiger partial charge is 0.192 e. The first kappa shape index (κ1) is 14.7. The number of benzene rings is 1. The van der Waals surface area contributed by atoms with Crippen LogP contribution in [0.5, 0.6) is 0 Å². The number of allylic oxidation sites excluding steroid dienone is 1. The lowest BCUT2D eigenvalue weighted by atomic mass is 10.0. The summed E-state index contributed by atoms with van der Waals surface area (Å²) in [4.78, 5) is 22.6. The molecule has 0 saturated carbocycles. The summed E-state index contributed by atoms with van der Waals surface area (Å²) in [6, 6.07) is 3.32. The molecule has 0 spiro atoms. The summed E-state index contributed by atoms with van der Waals surface area (Å²) in [5.41, 5.74) is 0.442. The first-order chi connectivity index (χ1) is 8.43. The number of carbonyl (C=O) groups is 1. The molecule has 6 heteroatoms. The van der Waals surface area contributed by atoms with Gasteiger partial charge in [0.1, 0.15) is 0 Å². The molecule has 0 amide bonds. The highest BCUT2D eigenvalue weighted by atomic mass is 35.5. The van der Waals surface area contributed by atoms with Crippen LogP contribution in [0.4, 0.5) is 0 Å². The predicted molar refractivity (Wildman–Crippen MR) is 74.0 cm³/mol. The zero-order valence-electron chi connectivity index (χ0n) is 10.2. The number of hydrogen-bond donors (Lipinski definition) is 1. The Kier molecular flexibility index (Phi) is 4.93. The summed E-state index contributed by atoms with van der Waals surface area (Å²) in [6.07, 6.45) is 1.88. The summed E-state index contributed by atoms with van der Waals surface area (Å²) < 4.78 is 0. The number of thioether (sulfide) groups is 1. The molecule has 0 aliphatic heterocycles. The van der Waals surface area contributed by atoms with E-state index in [4.69, 9.17) is 11.6 Å². The molecule has 4 nitrogen and oxygen atoms in total. The quantitative estimate of drug-likeness (QED) is 0.394. The molecule has 1 aromatic rings. The normalized spacial score (nSPS) is 12.0. The van der Waals surface area contributed by atoms with Crippen molar-refractivity contribution in [1.82, 2.24) is 0 Å². The van der Waals surface area contributed by atoms with Crippen LogP contribution >= 0.6 is 23.4 Å². The van der Waals surface area contributed by atoms with Crippen molar-refractivity contribution in [2.45, 2.75) is 18.7 Å². The molecule has 0 bridgehead atoms. The Hall–Kier alpha value is -1.33. The fraction of sp³-hybridized carbons (Fsp3) is 0.250. The maximum absolute atomic E-state index is 11.2. The van der Waals surface area contributed by atoms with Gasteiger partial charge in [-0.3, -0.25) is 4.79 Å². The number of aliphatic hydroxyl groups is 1. The molecule has 0 saturated heterocycles. The van der Waals surface area contributed by atoms with Gasteiger partial charge in [0.2, 0.25) is 0 Å². The van der Waals surface area contributed by atoms with Crippen molar-refractivity contribution in [2.75, 3.05) is 6.26 Å². The molecule has 0 heterocycles. The van der Waals surface area contributed by atoms with Gasteiger partial charge >= 0.3 is 0 Å². The average molecular weight is 286 g/mol. The largest absolute Gasteiger partial charge is 0.505 e. The van der Waals surface area contributed by atoms with E-state index in [9.17, 15) is 14.8 Å².